The maximum atomic E-state index is 6.69. The molecule has 0 aliphatic heterocycles. The lowest BCUT2D eigenvalue weighted by Crippen LogP contribution is -2.26. The summed E-state index contributed by atoms with van der Waals surface area (Å²) in [6.07, 6.45) is 0. The first kappa shape index (κ1) is 37.2. The van der Waals surface area contributed by atoms with E-state index < -0.39 is 5.41 Å². The van der Waals surface area contributed by atoms with Gasteiger partial charge in [-0.3, -0.25) is 0 Å². The topological polar surface area (TPSA) is 16.4 Å². The molecule has 1 heterocycles. The second-order valence-corrected chi connectivity index (χ2v) is 18.7. The summed E-state index contributed by atoms with van der Waals surface area (Å²) >= 11 is 0. The summed E-state index contributed by atoms with van der Waals surface area (Å²) in [4.78, 5) is 2.48. The molecule has 1 aromatic heterocycles. The Morgan fingerprint density at radius 2 is 0.818 bits per heavy atom. The van der Waals surface area contributed by atoms with Crippen LogP contribution in [0.2, 0.25) is 0 Å². The molecule has 0 saturated heterocycles. The van der Waals surface area contributed by atoms with Crippen LogP contribution in [0, 0.1) is 0 Å². The Labute approximate surface area is 384 Å². The number of anilines is 3. The van der Waals surface area contributed by atoms with Gasteiger partial charge in [0.1, 0.15) is 11.2 Å². The minimum atomic E-state index is -0.450. The molecule has 0 atom stereocenters. The van der Waals surface area contributed by atoms with Crippen LogP contribution in [-0.2, 0) is 10.8 Å². The average molecular weight is 842 g/mol. The van der Waals surface area contributed by atoms with E-state index in [1.54, 1.807) is 0 Å². The Morgan fingerprint density at radius 1 is 0.333 bits per heavy atom. The van der Waals surface area contributed by atoms with E-state index in [0.29, 0.717) is 0 Å². The fourth-order valence-corrected chi connectivity index (χ4v) is 12.2. The molecule has 0 unspecified atom stereocenters. The quantitative estimate of drug-likeness (QED) is 0.172. The Balaban J connectivity index is 1.01. The molecule has 2 heteroatoms. The molecule has 1 spiro atoms. The van der Waals surface area contributed by atoms with E-state index >= 15 is 0 Å². The summed E-state index contributed by atoms with van der Waals surface area (Å²) in [6.45, 7) is 4.77. The summed E-state index contributed by atoms with van der Waals surface area (Å²) in [5, 5.41) is 2.32. The van der Waals surface area contributed by atoms with Gasteiger partial charge in [-0.15, -0.1) is 0 Å². The largest absolute Gasteiger partial charge is 0.456 e. The van der Waals surface area contributed by atoms with Gasteiger partial charge < -0.3 is 9.32 Å². The van der Waals surface area contributed by atoms with Crippen molar-refractivity contribution >= 4 is 39.0 Å². The molecule has 10 aromatic carbocycles. The maximum Gasteiger partial charge on any atom is 0.136 e. The third-order valence-electron chi connectivity index (χ3n) is 15.1. The number of hydrogen-bond donors (Lipinski definition) is 0. The monoisotopic (exact) mass is 841 g/mol. The van der Waals surface area contributed by atoms with Crippen molar-refractivity contribution in [2.75, 3.05) is 4.90 Å². The molecule has 310 valence electrons. The van der Waals surface area contributed by atoms with Crippen LogP contribution in [0.4, 0.5) is 17.1 Å². The number of nitrogens with zero attached hydrogens (tertiary/aromatic N) is 1. The van der Waals surface area contributed by atoms with Crippen molar-refractivity contribution in [3.05, 3.63) is 258 Å². The van der Waals surface area contributed by atoms with E-state index in [1.165, 1.54) is 94.4 Å². The van der Waals surface area contributed by atoms with E-state index in [-0.39, 0.29) is 5.41 Å². The van der Waals surface area contributed by atoms with Crippen LogP contribution in [0.3, 0.4) is 0 Å². The lowest BCUT2D eigenvalue weighted by Gasteiger charge is -2.32. The Bertz CT molecular complexity index is 3720. The molecular weight excluding hydrogens is 799 g/mol. The Kier molecular flexibility index (Phi) is 7.70. The highest BCUT2D eigenvalue weighted by Gasteiger charge is 2.51. The van der Waals surface area contributed by atoms with Crippen LogP contribution in [0.5, 0.6) is 0 Å². The van der Waals surface area contributed by atoms with Gasteiger partial charge in [-0.2, -0.15) is 0 Å². The number of fused-ring (bicyclic) bond motifs is 16. The van der Waals surface area contributed by atoms with Crippen molar-refractivity contribution in [1.29, 1.82) is 0 Å². The number of benzene rings is 10. The molecule has 3 aliphatic rings. The number of para-hydroxylation sites is 1. The lowest BCUT2D eigenvalue weighted by atomic mass is 9.70. The fraction of sp³-hybridized carbons (Fsp3) is 0.0625. The van der Waals surface area contributed by atoms with E-state index in [9.17, 15) is 0 Å². The second-order valence-electron chi connectivity index (χ2n) is 18.7. The molecule has 11 aromatic rings. The van der Waals surface area contributed by atoms with Crippen LogP contribution in [0.25, 0.3) is 77.6 Å². The molecule has 0 radical (unpaired) electrons. The predicted molar refractivity (Wildman–Crippen MR) is 273 cm³/mol. The van der Waals surface area contributed by atoms with Crippen LogP contribution in [0.1, 0.15) is 47.2 Å². The van der Waals surface area contributed by atoms with Gasteiger partial charge >= 0.3 is 0 Å². The van der Waals surface area contributed by atoms with Gasteiger partial charge in [0.2, 0.25) is 0 Å². The van der Waals surface area contributed by atoms with Crippen molar-refractivity contribution in [1.82, 2.24) is 0 Å². The standard InChI is InChI=1S/C64H43NO/c1-63(2)55-37-44(34-36-50(55)61-57(63)39-59-62(51-24-12-16-28-58(51)66-59)60(61)42-19-7-4-8-20-42)65(43-31-29-41(30-32-43)40-17-5-3-6-18-40)45-33-35-49-48-23-11-15-27-54(48)64(56(49)38-45)52-25-13-9-21-46(52)47-22-10-14-26-53(47)64/h3-39H,1-2H3. The Hall–Kier alpha value is -8.20. The van der Waals surface area contributed by atoms with Gasteiger partial charge in [0.05, 0.1) is 5.41 Å². The highest BCUT2D eigenvalue weighted by atomic mass is 16.3. The highest BCUT2D eigenvalue weighted by Crippen LogP contribution is 2.64. The van der Waals surface area contributed by atoms with Gasteiger partial charge in [-0.05, 0) is 132 Å². The molecule has 0 fully saturated rings. The Morgan fingerprint density at radius 3 is 1.45 bits per heavy atom. The van der Waals surface area contributed by atoms with E-state index in [4.69, 9.17) is 4.42 Å². The third kappa shape index (κ3) is 4.96. The molecule has 66 heavy (non-hydrogen) atoms. The SMILES string of the molecule is CC1(C)c2cc(N(c3ccc(-c4ccccc4)cc3)c3ccc4c(c3)C3(c5ccccc5-c5ccccc53)c3ccccc3-4)ccc2-c2c1cc1oc3ccccc3c1c2-c1ccccc1. The number of hydrogen-bond acceptors (Lipinski definition) is 2. The van der Waals surface area contributed by atoms with Crippen LogP contribution in [0.15, 0.2) is 229 Å². The first-order valence-electron chi connectivity index (χ1n) is 23.1. The molecule has 14 rings (SSSR count). The lowest BCUT2D eigenvalue weighted by molar-refractivity contribution is 0.647. The molecule has 2 nitrogen and oxygen atoms in total. The highest BCUT2D eigenvalue weighted by molar-refractivity contribution is 6.17. The number of furan rings is 1. The van der Waals surface area contributed by atoms with Gasteiger partial charge in [0, 0.05) is 38.8 Å². The van der Waals surface area contributed by atoms with Gasteiger partial charge in [-0.25, -0.2) is 0 Å². The minimum Gasteiger partial charge on any atom is -0.456 e. The second kappa shape index (κ2) is 13.7. The maximum absolute atomic E-state index is 6.69. The van der Waals surface area contributed by atoms with Crippen molar-refractivity contribution in [2.24, 2.45) is 0 Å². The number of rotatable bonds is 5. The smallest absolute Gasteiger partial charge is 0.136 e. The fourth-order valence-electron chi connectivity index (χ4n) is 12.2. The van der Waals surface area contributed by atoms with Gasteiger partial charge in [-0.1, -0.05) is 190 Å². The molecule has 0 amide bonds. The zero-order chi connectivity index (χ0) is 43.7. The molecule has 3 aliphatic carbocycles. The van der Waals surface area contributed by atoms with Crippen molar-refractivity contribution in [3.8, 4) is 55.6 Å². The first-order chi connectivity index (χ1) is 32.5. The average Bonchev–Trinajstić information content (AvgIpc) is 4.06. The van der Waals surface area contributed by atoms with Crippen molar-refractivity contribution in [3.63, 3.8) is 0 Å². The summed E-state index contributed by atoms with van der Waals surface area (Å²) in [6, 6.07) is 83.1. The van der Waals surface area contributed by atoms with E-state index in [1.807, 2.05) is 0 Å². The zero-order valence-electron chi connectivity index (χ0n) is 36.7. The minimum absolute atomic E-state index is 0.318. The summed E-state index contributed by atoms with van der Waals surface area (Å²) in [5.74, 6) is 0. The normalized spacial score (nSPS) is 14.2. The van der Waals surface area contributed by atoms with Crippen molar-refractivity contribution < 1.29 is 4.42 Å². The van der Waals surface area contributed by atoms with Crippen LogP contribution in [-0.4, -0.2) is 0 Å². The van der Waals surface area contributed by atoms with Gasteiger partial charge in [0.15, 0.2) is 0 Å². The first-order valence-corrected chi connectivity index (χ1v) is 23.1. The molecular formula is C64H43NO. The van der Waals surface area contributed by atoms with Crippen LogP contribution >= 0.6 is 0 Å². The molecule has 0 saturated carbocycles. The summed E-state index contributed by atoms with van der Waals surface area (Å²) < 4.78 is 6.69. The molecule has 0 N–H and O–H groups in total. The van der Waals surface area contributed by atoms with Crippen LogP contribution < -0.4 is 4.90 Å². The van der Waals surface area contributed by atoms with Crippen molar-refractivity contribution in [2.45, 2.75) is 24.7 Å². The van der Waals surface area contributed by atoms with E-state index in [2.05, 4.69) is 243 Å². The van der Waals surface area contributed by atoms with Gasteiger partial charge in [0.25, 0.3) is 0 Å². The third-order valence-corrected chi connectivity index (χ3v) is 15.1. The predicted octanol–water partition coefficient (Wildman–Crippen LogP) is 17.0. The zero-order valence-corrected chi connectivity index (χ0v) is 36.7. The summed E-state index contributed by atoms with van der Waals surface area (Å²) in [7, 11) is 0. The molecule has 0 bridgehead atoms. The summed E-state index contributed by atoms with van der Waals surface area (Å²) in [5.41, 5.74) is 25.0. The van der Waals surface area contributed by atoms with E-state index in [0.717, 1.165) is 33.6 Å².